The number of benzene rings is 3. The van der Waals surface area contributed by atoms with Crippen LogP contribution in [0.2, 0.25) is 0 Å². The fourth-order valence-electron chi connectivity index (χ4n) is 3.09. The van der Waals surface area contributed by atoms with Crippen LogP contribution in [-0.4, -0.2) is 40.8 Å². The summed E-state index contributed by atoms with van der Waals surface area (Å²) in [4.78, 5) is 12.6. The van der Waals surface area contributed by atoms with E-state index in [2.05, 4.69) is 26.5 Å². The Balaban J connectivity index is 1.91. The first-order valence-corrected chi connectivity index (χ1v) is 12.5. The predicted octanol–water partition coefficient (Wildman–Crippen LogP) is 4.34. The van der Waals surface area contributed by atoms with Gasteiger partial charge in [0.2, 0.25) is 0 Å². The topological polar surface area (TPSA) is 97.3 Å². The van der Waals surface area contributed by atoms with Crippen LogP contribution >= 0.6 is 15.9 Å². The number of halogens is 2. The van der Waals surface area contributed by atoms with Crippen molar-refractivity contribution in [1.82, 2.24) is 5.43 Å². The molecular weight excluding hydrogens is 541 g/mol. The number of ether oxygens (including phenoxy) is 2. The van der Waals surface area contributed by atoms with Crippen LogP contribution in [0.25, 0.3) is 0 Å². The van der Waals surface area contributed by atoms with Crippen LogP contribution in [0.15, 0.2) is 81.2 Å². The van der Waals surface area contributed by atoms with Crippen molar-refractivity contribution in [2.24, 2.45) is 5.10 Å². The summed E-state index contributed by atoms with van der Waals surface area (Å²) in [6.07, 6.45) is 0. The normalized spacial score (nSPS) is 11.6. The van der Waals surface area contributed by atoms with Gasteiger partial charge in [-0.3, -0.25) is 9.10 Å². The predicted molar refractivity (Wildman–Crippen MR) is 135 cm³/mol. The van der Waals surface area contributed by atoms with Crippen LogP contribution in [0.1, 0.15) is 12.5 Å². The molecule has 0 radical (unpaired) electrons. The Morgan fingerprint density at radius 1 is 1.00 bits per heavy atom. The number of sulfonamides is 1. The van der Waals surface area contributed by atoms with Gasteiger partial charge in [-0.1, -0.05) is 28.1 Å². The van der Waals surface area contributed by atoms with E-state index in [1.807, 2.05) is 24.3 Å². The van der Waals surface area contributed by atoms with Crippen LogP contribution in [0.5, 0.6) is 11.5 Å². The van der Waals surface area contributed by atoms with Crippen molar-refractivity contribution in [2.45, 2.75) is 11.8 Å². The second kappa shape index (κ2) is 11.3. The Morgan fingerprint density at radius 2 is 1.63 bits per heavy atom. The van der Waals surface area contributed by atoms with Gasteiger partial charge in [0.05, 0.1) is 30.5 Å². The highest BCUT2D eigenvalue weighted by Gasteiger charge is 2.28. The van der Waals surface area contributed by atoms with Crippen molar-refractivity contribution in [3.05, 3.63) is 82.6 Å². The van der Waals surface area contributed by atoms with Crippen LogP contribution in [-0.2, 0) is 14.8 Å². The first-order chi connectivity index (χ1) is 16.6. The molecule has 0 heterocycles. The number of nitrogens with one attached hydrogen (secondary N) is 1. The van der Waals surface area contributed by atoms with Crippen molar-refractivity contribution >= 4 is 43.3 Å². The third-order valence-electron chi connectivity index (χ3n) is 4.96. The van der Waals surface area contributed by atoms with E-state index in [9.17, 15) is 17.6 Å². The first kappa shape index (κ1) is 26.2. The quantitative estimate of drug-likeness (QED) is 0.308. The van der Waals surface area contributed by atoms with E-state index >= 15 is 0 Å². The number of carbonyl (C=O) groups excluding carboxylic acids is 1. The molecule has 0 bridgehead atoms. The Labute approximate surface area is 211 Å². The molecule has 3 rings (SSSR count). The molecule has 0 fully saturated rings. The molecule has 0 aliphatic heterocycles. The van der Waals surface area contributed by atoms with Gasteiger partial charge < -0.3 is 9.47 Å². The van der Waals surface area contributed by atoms with Crippen molar-refractivity contribution in [3.8, 4) is 11.5 Å². The average Bonchev–Trinajstić information content (AvgIpc) is 2.86. The molecule has 1 amide bonds. The Morgan fingerprint density at radius 3 is 2.23 bits per heavy atom. The molecular formula is C24H23BrFN3O5S. The zero-order valence-corrected chi connectivity index (χ0v) is 21.6. The molecule has 0 spiro atoms. The summed E-state index contributed by atoms with van der Waals surface area (Å²) in [5.41, 5.74) is 3.79. The van der Waals surface area contributed by atoms with Gasteiger partial charge in [-0.25, -0.2) is 18.2 Å². The van der Waals surface area contributed by atoms with Crippen LogP contribution in [0.4, 0.5) is 10.1 Å². The smallest absolute Gasteiger partial charge is 0.264 e. The highest BCUT2D eigenvalue weighted by atomic mass is 79.9. The number of carbonyl (C=O) groups is 1. The van der Waals surface area contributed by atoms with Crippen LogP contribution in [0.3, 0.4) is 0 Å². The highest BCUT2D eigenvalue weighted by Crippen LogP contribution is 2.32. The Hall–Kier alpha value is -3.44. The minimum absolute atomic E-state index is 0.102. The average molecular weight is 564 g/mol. The minimum Gasteiger partial charge on any atom is -0.493 e. The van der Waals surface area contributed by atoms with Gasteiger partial charge in [-0.15, -0.1) is 0 Å². The van der Waals surface area contributed by atoms with Crippen molar-refractivity contribution in [2.75, 3.05) is 25.1 Å². The van der Waals surface area contributed by atoms with E-state index in [-0.39, 0.29) is 16.3 Å². The number of nitrogens with zero attached hydrogens (tertiary/aromatic N) is 2. The summed E-state index contributed by atoms with van der Waals surface area (Å²) in [6.45, 7) is 1.11. The molecule has 0 aliphatic rings. The molecule has 11 heteroatoms. The lowest BCUT2D eigenvalue weighted by molar-refractivity contribution is -0.119. The van der Waals surface area contributed by atoms with Gasteiger partial charge >= 0.3 is 0 Å². The van der Waals surface area contributed by atoms with Gasteiger partial charge in [-0.2, -0.15) is 5.10 Å². The number of anilines is 1. The zero-order valence-electron chi connectivity index (χ0n) is 19.2. The van der Waals surface area contributed by atoms with Gasteiger partial charge in [0.1, 0.15) is 12.4 Å². The largest absolute Gasteiger partial charge is 0.493 e. The molecule has 3 aromatic rings. The van der Waals surface area contributed by atoms with Gasteiger partial charge in [0.25, 0.3) is 15.9 Å². The molecule has 35 heavy (non-hydrogen) atoms. The maximum Gasteiger partial charge on any atom is 0.264 e. The SMILES string of the molecule is COc1ccc(S(=O)(=O)N(CC(=O)N/N=C(/C)c2ccc(Br)cc2)c2ccc(F)cc2)cc1OC. The van der Waals surface area contributed by atoms with Crippen molar-refractivity contribution in [3.63, 3.8) is 0 Å². The van der Waals surface area contributed by atoms with Gasteiger partial charge in [-0.05, 0) is 61.0 Å². The minimum atomic E-state index is -4.25. The van der Waals surface area contributed by atoms with E-state index < -0.39 is 28.3 Å². The molecule has 8 nitrogen and oxygen atoms in total. The summed E-state index contributed by atoms with van der Waals surface area (Å²) >= 11 is 3.35. The Bertz CT molecular complexity index is 1330. The first-order valence-electron chi connectivity index (χ1n) is 10.2. The van der Waals surface area contributed by atoms with Crippen molar-refractivity contribution in [1.29, 1.82) is 0 Å². The number of amides is 1. The van der Waals surface area contributed by atoms with Gasteiger partial charge in [0, 0.05) is 10.5 Å². The number of hydrogen-bond donors (Lipinski definition) is 1. The van der Waals surface area contributed by atoms with E-state index in [0.717, 1.165) is 26.5 Å². The molecule has 0 unspecified atom stereocenters. The molecule has 3 aromatic carbocycles. The summed E-state index contributed by atoms with van der Waals surface area (Å²) in [7, 11) is -1.45. The Kier molecular flexibility index (Phi) is 8.47. The summed E-state index contributed by atoms with van der Waals surface area (Å²) < 4.78 is 52.7. The molecule has 0 aliphatic carbocycles. The maximum atomic E-state index is 13.5. The maximum absolute atomic E-state index is 13.5. The molecule has 1 N–H and O–H groups in total. The monoisotopic (exact) mass is 563 g/mol. The zero-order chi connectivity index (χ0) is 25.6. The second-order valence-corrected chi connectivity index (χ2v) is 10.0. The number of rotatable bonds is 9. The molecule has 184 valence electrons. The summed E-state index contributed by atoms with van der Waals surface area (Å²) in [5, 5.41) is 4.07. The van der Waals surface area contributed by atoms with E-state index in [4.69, 9.17) is 9.47 Å². The molecule has 0 atom stereocenters. The molecule has 0 saturated heterocycles. The highest BCUT2D eigenvalue weighted by molar-refractivity contribution is 9.10. The van der Waals surface area contributed by atoms with E-state index in [1.54, 1.807) is 6.92 Å². The van der Waals surface area contributed by atoms with Crippen LogP contribution < -0.4 is 19.2 Å². The number of hydrazone groups is 1. The lowest BCUT2D eigenvalue weighted by Crippen LogP contribution is -2.39. The molecule has 0 aromatic heterocycles. The third kappa shape index (κ3) is 6.37. The fourth-order valence-corrected chi connectivity index (χ4v) is 4.80. The molecule has 0 saturated carbocycles. The van der Waals surface area contributed by atoms with Crippen molar-refractivity contribution < 1.29 is 27.1 Å². The fraction of sp³-hybridized carbons (Fsp3) is 0.167. The summed E-state index contributed by atoms with van der Waals surface area (Å²) in [5.74, 6) is -0.687. The third-order valence-corrected chi connectivity index (χ3v) is 7.25. The number of hydrogen-bond acceptors (Lipinski definition) is 6. The van der Waals surface area contributed by atoms with Gasteiger partial charge in [0.15, 0.2) is 11.5 Å². The lowest BCUT2D eigenvalue weighted by Gasteiger charge is -2.24. The standard InChI is InChI=1S/C24H23BrFN3O5S/c1-16(17-4-6-18(25)7-5-17)27-28-24(30)15-29(20-10-8-19(26)9-11-20)35(31,32)21-12-13-22(33-2)23(14-21)34-3/h4-14H,15H2,1-3H3,(H,28,30)/b27-16-. The van der Waals surface area contributed by atoms with E-state index in [1.165, 1.54) is 44.6 Å². The number of methoxy groups -OCH3 is 2. The summed E-state index contributed by atoms with van der Waals surface area (Å²) in [6, 6.07) is 16.2. The van der Waals surface area contributed by atoms with E-state index in [0.29, 0.717) is 11.5 Å². The van der Waals surface area contributed by atoms with Crippen LogP contribution in [0, 0.1) is 5.82 Å². The second-order valence-electron chi connectivity index (χ2n) is 7.24. The lowest BCUT2D eigenvalue weighted by atomic mass is 10.1.